The summed E-state index contributed by atoms with van der Waals surface area (Å²) < 4.78 is 0. The second-order valence-electron chi connectivity index (χ2n) is 8.34. The molecular weight excluding hydrogens is 352 g/mol. The summed E-state index contributed by atoms with van der Waals surface area (Å²) in [5.41, 5.74) is 2.15. The molecule has 0 amide bonds. The number of H-pyrrole nitrogens is 1. The van der Waals surface area contributed by atoms with Gasteiger partial charge < -0.3 is 10.1 Å². The van der Waals surface area contributed by atoms with Crippen LogP contribution in [0.4, 0.5) is 0 Å². The van der Waals surface area contributed by atoms with Crippen molar-refractivity contribution in [1.82, 2.24) is 9.88 Å². The van der Waals surface area contributed by atoms with Gasteiger partial charge in [0.1, 0.15) is 0 Å². The molecule has 1 aliphatic carbocycles. The van der Waals surface area contributed by atoms with Gasteiger partial charge in [0.2, 0.25) is 0 Å². The fraction of sp³-hybridized carbons (Fsp3) is 0.478. The number of fused-ring (bicyclic) bond motifs is 1. The molecule has 4 heteroatoms. The zero-order chi connectivity index (χ0) is 18.9. The molecule has 1 fully saturated rings. The maximum Gasteiger partial charge on any atom is 0.0649 e. The summed E-state index contributed by atoms with van der Waals surface area (Å²) in [7, 11) is 4.36. The Labute approximate surface area is 166 Å². The molecule has 4 rings (SSSR count). The third-order valence-corrected chi connectivity index (χ3v) is 7.67. The Morgan fingerprint density at radius 1 is 1.07 bits per heavy atom. The monoisotopic (exact) mass is 382 g/mol. The SMILES string of the molecule is CN(C)C1(c2cccs2)CCC(O)(CCCc2c[nH]c3ccccc23)CC1. The van der Waals surface area contributed by atoms with E-state index in [1.807, 2.05) is 11.3 Å². The van der Waals surface area contributed by atoms with Crippen LogP contribution in [0.1, 0.15) is 49.0 Å². The molecule has 2 aromatic heterocycles. The molecule has 144 valence electrons. The molecule has 0 radical (unpaired) electrons. The molecule has 1 saturated carbocycles. The van der Waals surface area contributed by atoms with E-state index in [0.717, 1.165) is 44.9 Å². The van der Waals surface area contributed by atoms with Crippen molar-refractivity contribution in [3.8, 4) is 0 Å². The first-order valence-electron chi connectivity index (χ1n) is 10.0. The summed E-state index contributed by atoms with van der Waals surface area (Å²) in [6, 6.07) is 12.9. The van der Waals surface area contributed by atoms with E-state index in [4.69, 9.17) is 0 Å². The van der Waals surface area contributed by atoms with E-state index in [1.165, 1.54) is 21.3 Å². The zero-order valence-electron chi connectivity index (χ0n) is 16.4. The zero-order valence-corrected chi connectivity index (χ0v) is 17.2. The summed E-state index contributed by atoms with van der Waals surface area (Å²) in [5, 5.41) is 14.7. The Bertz CT molecular complexity index is 873. The molecule has 2 N–H and O–H groups in total. The lowest BCUT2D eigenvalue weighted by atomic mass is 9.71. The molecule has 2 heterocycles. The predicted octanol–water partition coefficient (Wildman–Crippen LogP) is 5.31. The average molecular weight is 383 g/mol. The number of rotatable bonds is 6. The number of aromatic nitrogens is 1. The van der Waals surface area contributed by atoms with Crippen LogP contribution in [0.2, 0.25) is 0 Å². The van der Waals surface area contributed by atoms with Crippen LogP contribution >= 0.6 is 11.3 Å². The Morgan fingerprint density at radius 3 is 2.56 bits per heavy atom. The van der Waals surface area contributed by atoms with Crippen LogP contribution in [-0.4, -0.2) is 34.7 Å². The van der Waals surface area contributed by atoms with Gasteiger partial charge >= 0.3 is 0 Å². The van der Waals surface area contributed by atoms with E-state index in [2.05, 4.69) is 72.0 Å². The Kier molecular flexibility index (Phi) is 5.15. The third kappa shape index (κ3) is 3.58. The predicted molar refractivity (Wildman–Crippen MR) is 114 cm³/mol. The molecule has 1 aromatic carbocycles. The molecule has 0 spiro atoms. The van der Waals surface area contributed by atoms with Crippen LogP contribution in [-0.2, 0) is 12.0 Å². The van der Waals surface area contributed by atoms with E-state index >= 15 is 0 Å². The van der Waals surface area contributed by atoms with Crippen LogP contribution in [0, 0.1) is 0 Å². The lowest BCUT2D eigenvalue weighted by Crippen LogP contribution is -2.48. The van der Waals surface area contributed by atoms with Gasteiger partial charge in [0.05, 0.1) is 11.1 Å². The van der Waals surface area contributed by atoms with Crippen LogP contribution in [0.5, 0.6) is 0 Å². The van der Waals surface area contributed by atoms with E-state index in [0.29, 0.717) is 0 Å². The number of benzene rings is 1. The molecule has 0 bridgehead atoms. The third-order valence-electron chi connectivity index (χ3n) is 6.61. The average Bonchev–Trinajstić information content (AvgIpc) is 3.33. The largest absolute Gasteiger partial charge is 0.390 e. The van der Waals surface area contributed by atoms with Crippen molar-refractivity contribution in [2.24, 2.45) is 0 Å². The number of aryl methyl sites for hydroxylation is 1. The number of hydrogen-bond acceptors (Lipinski definition) is 3. The van der Waals surface area contributed by atoms with Gasteiger partial charge in [0.15, 0.2) is 0 Å². The quantitative estimate of drug-likeness (QED) is 0.606. The van der Waals surface area contributed by atoms with Crippen LogP contribution < -0.4 is 0 Å². The molecule has 3 nitrogen and oxygen atoms in total. The normalized spacial score (nSPS) is 26.1. The summed E-state index contributed by atoms with van der Waals surface area (Å²) in [5.74, 6) is 0. The van der Waals surface area contributed by atoms with Gasteiger partial charge in [-0.05, 0) is 82.1 Å². The summed E-state index contributed by atoms with van der Waals surface area (Å²) in [6.07, 6.45) is 8.91. The van der Waals surface area contributed by atoms with Crippen molar-refractivity contribution in [3.63, 3.8) is 0 Å². The Balaban J connectivity index is 1.38. The second kappa shape index (κ2) is 7.42. The number of aromatic amines is 1. The second-order valence-corrected chi connectivity index (χ2v) is 9.29. The first kappa shape index (κ1) is 18.7. The van der Waals surface area contributed by atoms with Crippen molar-refractivity contribution < 1.29 is 5.11 Å². The Morgan fingerprint density at radius 2 is 1.85 bits per heavy atom. The van der Waals surface area contributed by atoms with Crippen molar-refractivity contribution in [2.75, 3.05) is 14.1 Å². The minimum absolute atomic E-state index is 0.0945. The van der Waals surface area contributed by atoms with Gasteiger partial charge in [-0.15, -0.1) is 11.3 Å². The van der Waals surface area contributed by atoms with Crippen molar-refractivity contribution in [3.05, 3.63) is 58.4 Å². The van der Waals surface area contributed by atoms with Crippen molar-refractivity contribution in [1.29, 1.82) is 0 Å². The molecule has 27 heavy (non-hydrogen) atoms. The number of nitrogens with zero attached hydrogens (tertiary/aromatic N) is 1. The van der Waals surface area contributed by atoms with E-state index in [9.17, 15) is 5.11 Å². The molecular formula is C23H30N2OS. The van der Waals surface area contributed by atoms with E-state index in [-0.39, 0.29) is 5.54 Å². The molecule has 0 atom stereocenters. The molecule has 0 unspecified atom stereocenters. The number of hydrogen-bond donors (Lipinski definition) is 2. The highest BCUT2D eigenvalue weighted by Gasteiger charge is 2.44. The van der Waals surface area contributed by atoms with Crippen molar-refractivity contribution >= 4 is 22.2 Å². The van der Waals surface area contributed by atoms with E-state index < -0.39 is 5.60 Å². The number of aliphatic hydroxyl groups is 1. The maximum atomic E-state index is 11.2. The summed E-state index contributed by atoms with van der Waals surface area (Å²) >= 11 is 1.85. The summed E-state index contributed by atoms with van der Waals surface area (Å²) in [4.78, 5) is 7.16. The van der Waals surface area contributed by atoms with Gasteiger partial charge in [-0.3, -0.25) is 4.90 Å². The molecule has 1 aliphatic rings. The minimum Gasteiger partial charge on any atom is -0.390 e. The highest BCUT2D eigenvalue weighted by atomic mass is 32.1. The smallest absolute Gasteiger partial charge is 0.0649 e. The maximum absolute atomic E-state index is 11.2. The van der Waals surface area contributed by atoms with Gasteiger partial charge in [-0.25, -0.2) is 0 Å². The molecule has 3 aromatic rings. The Hall–Kier alpha value is -1.62. The van der Waals surface area contributed by atoms with Crippen molar-refractivity contribution in [2.45, 2.75) is 56.1 Å². The van der Waals surface area contributed by atoms with Crippen LogP contribution in [0.25, 0.3) is 10.9 Å². The highest BCUT2D eigenvalue weighted by Crippen LogP contribution is 2.47. The summed E-state index contributed by atoms with van der Waals surface area (Å²) in [6.45, 7) is 0. The number of para-hydroxylation sites is 1. The van der Waals surface area contributed by atoms with Crippen LogP contribution in [0.15, 0.2) is 48.0 Å². The molecule has 0 aliphatic heterocycles. The van der Waals surface area contributed by atoms with Gasteiger partial charge in [0, 0.05) is 22.0 Å². The standard InChI is InChI=1S/C23H30N2OS/c1-25(2)23(21-10-6-16-27-21)14-12-22(26,13-15-23)11-5-7-18-17-24-20-9-4-3-8-19(18)20/h3-4,6,8-10,16-17,24,26H,5,7,11-15H2,1-2H3. The lowest BCUT2D eigenvalue weighted by molar-refractivity contribution is -0.0513. The molecule has 0 saturated heterocycles. The van der Waals surface area contributed by atoms with Gasteiger partial charge in [0.25, 0.3) is 0 Å². The highest BCUT2D eigenvalue weighted by molar-refractivity contribution is 7.10. The van der Waals surface area contributed by atoms with E-state index in [1.54, 1.807) is 0 Å². The van der Waals surface area contributed by atoms with Gasteiger partial charge in [-0.1, -0.05) is 24.3 Å². The first-order valence-corrected chi connectivity index (χ1v) is 10.9. The first-order chi connectivity index (χ1) is 13.0. The number of thiophene rings is 1. The fourth-order valence-corrected chi connectivity index (χ4v) is 5.85. The fourth-order valence-electron chi connectivity index (χ4n) is 4.78. The topological polar surface area (TPSA) is 39.3 Å². The van der Waals surface area contributed by atoms with Crippen LogP contribution in [0.3, 0.4) is 0 Å². The van der Waals surface area contributed by atoms with Gasteiger partial charge in [-0.2, -0.15) is 0 Å². The number of nitrogens with one attached hydrogen (secondary N) is 1. The minimum atomic E-state index is -0.511. The lowest BCUT2D eigenvalue weighted by Gasteiger charge is -2.47.